The van der Waals surface area contributed by atoms with Crippen molar-refractivity contribution in [1.82, 2.24) is 9.97 Å². The van der Waals surface area contributed by atoms with E-state index in [1.165, 1.54) is 25.7 Å². The second-order valence-electron chi connectivity index (χ2n) is 6.70. The van der Waals surface area contributed by atoms with Crippen LogP contribution in [0.15, 0.2) is 12.4 Å². The van der Waals surface area contributed by atoms with Gasteiger partial charge in [-0.1, -0.05) is 12.8 Å². The van der Waals surface area contributed by atoms with Gasteiger partial charge in [0.2, 0.25) is 5.88 Å². The summed E-state index contributed by atoms with van der Waals surface area (Å²) in [5, 5.41) is 10.2. The van der Waals surface area contributed by atoms with Crippen molar-refractivity contribution in [3.05, 3.63) is 12.4 Å². The van der Waals surface area contributed by atoms with Crippen LogP contribution in [0.3, 0.4) is 0 Å². The Morgan fingerprint density at radius 3 is 2.90 bits per heavy atom. The van der Waals surface area contributed by atoms with Crippen LogP contribution < -0.4 is 9.64 Å². The van der Waals surface area contributed by atoms with Crippen molar-refractivity contribution in [2.45, 2.75) is 51.0 Å². The van der Waals surface area contributed by atoms with E-state index in [0.29, 0.717) is 18.3 Å². The first kappa shape index (κ1) is 14.6. The summed E-state index contributed by atoms with van der Waals surface area (Å²) in [5.74, 6) is 2.08. The lowest BCUT2D eigenvalue weighted by Crippen LogP contribution is -2.46. The van der Waals surface area contributed by atoms with Crippen molar-refractivity contribution >= 4 is 5.82 Å². The first-order valence-corrected chi connectivity index (χ1v) is 8.05. The molecule has 0 radical (unpaired) electrons. The number of anilines is 1. The zero-order chi connectivity index (χ0) is 14.7. The monoisotopic (exact) mass is 291 g/mol. The van der Waals surface area contributed by atoms with E-state index < -0.39 is 5.60 Å². The molecular formula is C16H25N3O2. The molecule has 116 valence electrons. The molecule has 1 aliphatic carbocycles. The molecule has 1 atom stereocenters. The Hall–Kier alpha value is -1.36. The predicted molar refractivity (Wildman–Crippen MR) is 81.6 cm³/mol. The third kappa shape index (κ3) is 3.84. The van der Waals surface area contributed by atoms with Gasteiger partial charge in [-0.15, -0.1) is 0 Å². The van der Waals surface area contributed by atoms with E-state index >= 15 is 0 Å². The predicted octanol–water partition coefficient (Wildman–Crippen LogP) is 2.40. The summed E-state index contributed by atoms with van der Waals surface area (Å²) in [6, 6.07) is 0. The minimum absolute atomic E-state index is 0.601. The molecule has 1 unspecified atom stereocenters. The van der Waals surface area contributed by atoms with Crippen LogP contribution >= 0.6 is 0 Å². The van der Waals surface area contributed by atoms with E-state index in [0.717, 1.165) is 31.8 Å². The Morgan fingerprint density at radius 2 is 2.14 bits per heavy atom. The largest absolute Gasteiger partial charge is 0.476 e. The van der Waals surface area contributed by atoms with Crippen molar-refractivity contribution in [1.29, 1.82) is 0 Å². The molecule has 0 aromatic carbocycles. The Labute approximate surface area is 126 Å². The van der Waals surface area contributed by atoms with Crippen LogP contribution in [-0.4, -0.2) is 40.4 Å². The number of aromatic nitrogens is 2. The molecule has 1 saturated carbocycles. The molecule has 1 N–H and O–H groups in total. The highest BCUT2D eigenvalue weighted by molar-refractivity contribution is 5.38. The Bertz CT molecular complexity index is 472. The zero-order valence-corrected chi connectivity index (χ0v) is 12.8. The normalized spacial score (nSPS) is 27.0. The van der Waals surface area contributed by atoms with E-state index in [1.807, 2.05) is 6.92 Å². The second kappa shape index (κ2) is 6.18. The molecule has 1 saturated heterocycles. The minimum atomic E-state index is -0.638. The van der Waals surface area contributed by atoms with Gasteiger partial charge in [0.25, 0.3) is 0 Å². The molecule has 5 nitrogen and oxygen atoms in total. The van der Waals surface area contributed by atoms with Gasteiger partial charge < -0.3 is 14.7 Å². The summed E-state index contributed by atoms with van der Waals surface area (Å²) in [5.41, 5.74) is -0.638. The van der Waals surface area contributed by atoms with Gasteiger partial charge in [-0.2, -0.15) is 4.98 Å². The van der Waals surface area contributed by atoms with Gasteiger partial charge in [0.15, 0.2) is 5.82 Å². The van der Waals surface area contributed by atoms with Crippen molar-refractivity contribution in [2.75, 3.05) is 24.6 Å². The zero-order valence-electron chi connectivity index (χ0n) is 12.8. The van der Waals surface area contributed by atoms with Gasteiger partial charge in [0, 0.05) is 13.1 Å². The number of hydrogen-bond acceptors (Lipinski definition) is 5. The summed E-state index contributed by atoms with van der Waals surface area (Å²) in [6.07, 6.45) is 10.4. The summed E-state index contributed by atoms with van der Waals surface area (Å²) >= 11 is 0. The maximum Gasteiger partial charge on any atom is 0.234 e. The SMILES string of the molecule is CC1(O)CCCN(c2cncc(OCC3CCCC3)n2)C1. The van der Waals surface area contributed by atoms with Gasteiger partial charge >= 0.3 is 0 Å². The third-order valence-corrected chi connectivity index (χ3v) is 4.54. The van der Waals surface area contributed by atoms with Gasteiger partial charge in [-0.3, -0.25) is 4.98 Å². The number of hydrogen-bond donors (Lipinski definition) is 1. The smallest absolute Gasteiger partial charge is 0.234 e. The van der Waals surface area contributed by atoms with E-state index in [1.54, 1.807) is 12.4 Å². The molecule has 2 heterocycles. The molecule has 3 rings (SSSR count). The number of ether oxygens (including phenoxy) is 1. The number of nitrogens with zero attached hydrogens (tertiary/aromatic N) is 3. The van der Waals surface area contributed by atoms with Crippen LogP contribution in [0.25, 0.3) is 0 Å². The van der Waals surface area contributed by atoms with E-state index in [2.05, 4.69) is 14.9 Å². The Morgan fingerprint density at radius 1 is 1.33 bits per heavy atom. The molecule has 1 aliphatic heterocycles. The molecule has 21 heavy (non-hydrogen) atoms. The van der Waals surface area contributed by atoms with Crippen LogP contribution in [0.5, 0.6) is 5.88 Å². The highest BCUT2D eigenvalue weighted by Crippen LogP contribution is 2.27. The fourth-order valence-corrected chi connectivity index (χ4v) is 3.36. The van der Waals surface area contributed by atoms with Gasteiger partial charge in [0.1, 0.15) is 0 Å². The van der Waals surface area contributed by atoms with Gasteiger partial charge in [-0.05, 0) is 38.5 Å². The second-order valence-corrected chi connectivity index (χ2v) is 6.70. The van der Waals surface area contributed by atoms with Crippen LogP contribution in [0.1, 0.15) is 45.4 Å². The lowest BCUT2D eigenvalue weighted by molar-refractivity contribution is 0.0446. The van der Waals surface area contributed by atoms with E-state index in [9.17, 15) is 5.11 Å². The highest BCUT2D eigenvalue weighted by Gasteiger charge is 2.29. The first-order chi connectivity index (χ1) is 10.1. The lowest BCUT2D eigenvalue weighted by Gasteiger charge is -2.37. The number of piperidine rings is 1. The van der Waals surface area contributed by atoms with Crippen molar-refractivity contribution in [2.24, 2.45) is 5.92 Å². The van der Waals surface area contributed by atoms with Gasteiger partial charge in [-0.25, -0.2) is 0 Å². The fraction of sp³-hybridized carbons (Fsp3) is 0.750. The van der Waals surface area contributed by atoms with Crippen molar-refractivity contribution in [3.8, 4) is 5.88 Å². The molecular weight excluding hydrogens is 266 g/mol. The number of aliphatic hydroxyl groups is 1. The van der Waals surface area contributed by atoms with Crippen molar-refractivity contribution < 1.29 is 9.84 Å². The Balaban J connectivity index is 1.62. The van der Waals surface area contributed by atoms with E-state index in [4.69, 9.17) is 4.74 Å². The van der Waals surface area contributed by atoms with E-state index in [-0.39, 0.29) is 0 Å². The summed E-state index contributed by atoms with van der Waals surface area (Å²) in [6.45, 7) is 4.15. The maximum absolute atomic E-state index is 10.2. The lowest BCUT2D eigenvalue weighted by atomic mass is 9.95. The maximum atomic E-state index is 10.2. The summed E-state index contributed by atoms with van der Waals surface area (Å²) in [7, 11) is 0. The molecule has 1 aromatic rings. The molecule has 0 amide bonds. The van der Waals surface area contributed by atoms with Crippen molar-refractivity contribution in [3.63, 3.8) is 0 Å². The third-order valence-electron chi connectivity index (χ3n) is 4.54. The minimum Gasteiger partial charge on any atom is -0.476 e. The molecule has 2 fully saturated rings. The average molecular weight is 291 g/mol. The summed E-state index contributed by atoms with van der Waals surface area (Å²) in [4.78, 5) is 10.9. The molecule has 0 bridgehead atoms. The topological polar surface area (TPSA) is 58.5 Å². The standard InChI is InChI=1S/C16H25N3O2/c1-16(20)7-4-8-19(12-16)14-9-17-10-15(18-14)21-11-13-5-2-3-6-13/h9-10,13,20H,2-8,11-12H2,1H3. The summed E-state index contributed by atoms with van der Waals surface area (Å²) < 4.78 is 5.81. The number of β-amino-alcohol motifs (C(OH)–C–C–N with tert-alkyl or cyclic N) is 1. The van der Waals surface area contributed by atoms with Crippen LogP contribution in [-0.2, 0) is 0 Å². The van der Waals surface area contributed by atoms with Crippen LogP contribution in [0.4, 0.5) is 5.82 Å². The average Bonchev–Trinajstić information content (AvgIpc) is 2.98. The fourth-order valence-electron chi connectivity index (χ4n) is 3.36. The highest BCUT2D eigenvalue weighted by atomic mass is 16.5. The molecule has 5 heteroatoms. The van der Waals surface area contributed by atoms with Crippen LogP contribution in [0.2, 0.25) is 0 Å². The molecule has 0 spiro atoms. The van der Waals surface area contributed by atoms with Gasteiger partial charge in [0.05, 0.1) is 24.6 Å². The van der Waals surface area contributed by atoms with Crippen LogP contribution in [0, 0.1) is 5.92 Å². The Kier molecular flexibility index (Phi) is 4.29. The molecule has 1 aromatic heterocycles. The number of rotatable bonds is 4. The quantitative estimate of drug-likeness (QED) is 0.923. The first-order valence-electron chi connectivity index (χ1n) is 8.05. The molecule has 2 aliphatic rings.